The molecule has 0 radical (unpaired) electrons. The Morgan fingerprint density at radius 1 is 1.41 bits per heavy atom. The lowest BCUT2D eigenvalue weighted by molar-refractivity contribution is 0.594. The number of rotatable bonds is 4. The summed E-state index contributed by atoms with van der Waals surface area (Å²) in [5, 5.41) is 10.9. The normalized spacial score (nSPS) is 12.4. The largest absolute Gasteiger partial charge is 0.362 e. The number of hydrogen-bond acceptors (Lipinski definition) is 3. The summed E-state index contributed by atoms with van der Waals surface area (Å²) in [5.74, 6) is 0.589. The molecule has 1 unspecified atom stereocenters. The fraction of sp³-hybridized carbons (Fsp3) is 0.333. The Morgan fingerprint density at radius 2 is 2.18 bits per heavy atom. The van der Waals surface area contributed by atoms with E-state index in [9.17, 15) is 4.39 Å². The van der Waals surface area contributed by atoms with Crippen LogP contribution in [0.15, 0.2) is 30.5 Å². The van der Waals surface area contributed by atoms with Crippen LogP contribution in [0.5, 0.6) is 0 Å². The van der Waals surface area contributed by atoms with Crippen molar-refractivity contribution in [3.63, 3.8) is 0 Å². The van der Waals surface area contributed by atoms with Gasteiger partial charge in [-0.2, -0.15) is 0 Å². The van der Waals surface area contributed by atoms with Gasteiger partial charge in [0.15, 0.2) is 0 Å². The van der Waals surface area contributed by atoms with Crippen molar-refractivity contribution in [2.24, 2.45) is 0 Å². The molecule has 0 amide bonds. The highest BCUT2D eigenvalue weighted by atomic mass is 19.1. The summed E-state index contributed by atoms with van der Waals surface area (Å²) in [4.78, 5) is 0. The first-order valence-electron chi connectivity index (χ1n) is 5.61. The maximum atomic E-state index is 13.6. The van der Waals surface area contributed by atoms with Gasteiger partial charge in [0.2, 0.25) is 0 Å². The van der Waals surface area contributed by atoms with Gasteiger partial charge in [-0.25, -0.2) is 9.07 Å². The molecule has 0 saturated carbocycles. The van der Waals surface area contributed by atoms with Gasteiger partial charge in [-0.05, 0) is 19.9 Å². The number of aryl methyl sites for hydroxylation is 1. The molecule has 0 spiro atoms. The SMILES string of the molecule is CCn1nncc1NC(C)c1ccccc1F. The molecular formula is C12H15FN4. The third-order valence-corrected chi connectivity index (χ3v) is 2.65. The van der Waals surface area contributed by atoms with Crippen LogP contribution in [-0.2, 0) is 6.54 Å². The second-order valence-electron chi connectivity index (χ2n) is 3.82. The lowest BCUT2D eigenvalue weighted by Gasteiger charge is -2.16. The molecule has 90 valence electrons. The van der Waals surface area contributed by atoms with Gasteiger partial charge >= 0.3 is 0 Å². The quantitative estimate of drug-likeness (QED) is 0.884. The van der Waals surface area contributed by atoms with Crippen molar-refractivity contribution >= 4 is 5.82 Å². The summed E-state index contributed by atoms with van der Waals surface area (Å²) in [7, 11) is 0. The smallest absolute Gasteiger partial charge is 0.145 e. The molecule has 0 saturated heterocycles. The van der Waals surface area contributed by atoms with Crippen LogP contribution in [0.2, 0.25) is 0 Å². The number of hydrogen-bond donors (Lipinski definition) is 1. The van der Waals surface area contributed by atoms with Gasteiger partial charge in [0, 0.05) is 12.1 Å². The van der Waals surface area contributed by atoms with Crippen molar-refractivity contribution in [1.29, 1.82) is 0 Å². The fourth-order valence-corrected chi connectivity index (χ4v) is 1.73. The van der Waals surface area contributed by atoms with E-state index in [1.807, 2.05) is 19.9 Å². The summed E-state index contributed by atoms with van der Waals surface area (Å²) in [6.07, 6.45) is 1.64. The predicted molar refractivity (Wildman–Crippen MR) is 64.1 cm³/mol. The van der Waals surface area contributed by atoms with Gasteiger partial charge in [0.25, 0.3) is 0 Å². The third kappa shape index (κ3) is 2.43. The van der Waals surface area contributed by atoms with Crippen LogP contribution in [0.4, 0.5) is 10.2 Å². The third-order valence-electron chi connectivity index (χ3n) is 2.65. The zero-order valence-corrected chi connectivity index (χ0v) is 9.89. The van der Waals surface area contributed by atoms with Gasteiger partial charge < -0.3 is 5.32 Å². The van der Waals surface area contributed by atoms with Gasteiger partial charge in [-0.3, -0.25) is 0 Å². The number of nitrogens with one attached hydrogen (secondary N) is 1. The Morgan fingerprint density at radius 3 is 2.88 bits per heavy atom. The minimum absolute atomic E-state index is 0.125. The molecule has 17 heavy (non-hydrogen) atoms. The van der Waals surface area contributed by atoms with Crippen molar-refractivity contribution in [2.45, 2.75) is 26.4 Å². The molecule has 0 fully saturated rings. The molecule has 1 N–H and O–H groups in total. The lowest BCUT2D eigenvalue weighted by Crippen LogP contribution is -2.12. The van der Waals surface area contributed by atoms with E-state index in [0.717, 1.165) is 12.4 Å². The summed E-state index contributed by atoms with van der Waals surface area (Å²) >= 11 is 0. The van der Waals surface area contributed by atoms with Gasteiger partial charge in [-0.15, -0.1) is 5.10 Å². The summed E-state index contributed by atoms with van der Waals surface area (Å²) in [6.45, 7) is 4.62. The lowest BCUT2D eigenvalue weighted by atomic mass is 10.1. The number of benzene rings is 1. The first-order chi connectivity index (χ1) is 8.22. The van der Waals surface area contributed by atoms with Crippen LogP contribution in [0.1, 0.15) is 25.5 Å². The minimum atomic E-state index is -0.206. The molecule has 1 aromatic carbocycles. The molecule has 0 aliphatic carbocycles. The van der Waals surface area contributed by atoms with E-state index in [0.29, 0.717) is 5.56 Å². The minimum Gasteiger partial charge on any atom is -0.362 e. The average Bonchev–Trinajstić information content (AvgIpc) is 2.76. The molecule has 5 heteroatoms. The first kappa shape index (κ1) is 11.6. The Bertz CT molecular complexity index is 495. The zero-order valence-electron chi connectivity index (χ0n) is 9.89. The second-order valence-corrected chi connectivity index (χ2v) is 3.82. The fourth-order valence-electron chi connectivity index (χ4n) is 1.73. The van der Waals surface area contributed by atoms with Crippen LogP contribution in [0.25, 0.3) is 0 Å². The molecule has 0 aliphatic rings. The first-order valence-corrected chi connectivity index (χ1v) is 5.61. The predicted octanol–water partition coefficient (Wildman–Crippen LogP) is 2.61. The van der Waals surface area contributed by atoms with Crippen molar-refractivity contribution in [2.75, 3.05) is 5.32 Å². The highest BCUT2D eigenvalue weighted by Crippen LogP contribution is 2.20. The van der Waals surface area contributed by atoms with Gasteiger partial charge in [-0.1, -0.05) is 23.4 Å². The van der Waals surface area contributed by atoms with E-state index in [4.69, 9.17) is 0 Å². The van der Waals surface area contributed by atoms with Crippen molar-refractivity contribution in [1.82, 2.24) is 15.0 Å². The summed E-state index contributed by atoms with van der Waals surface area (Å²) < 4.78 is 15.3. The van der Waals surface area contributed by atoms with Crippen LogP contribution >= 0.6 is 0 Å². The van der Waals surface area contributed by atoms with E-state index < -0.39 is 0 Å². The molecule has 0 aliphatic heterocycles. The van der Waals surface area contributed by atoms with Crippen molar-refractivity contribution in [3.8, 4) is 0 Å². The topological polar surface area (TPSA) is 42.7 Å². The average molecular weight is 234 g/mol. The molecule has 2 aromatic rings. The maximum absolute atomic E-state index is 13.6. The van der Waals surface area contributed by atoms with Crippen LogP contribution < -0.4 is 5.32 Å². The molecule has 1 heterocycles. The van der Waals surface area contributed by atoms with E-state index in [1.165, 1.54) is 6.07 Å². The zero-order chi connectivity index (χ0) is 12.3. The number of halogens is 1. The Labute approximate surface area is 99.5 Å². The van der Waals surface area contributed by atoms with E-state index in [2.05, 4.69) is 15.6 Å². The summed E-state index contributed by atoms with van der Waals surface area (Å²) in [6, 6.07) is 6.62. The standard InChI is InChI=1S/C12H15FN4/c1-3-17-12(8-14-16-17)15-9(2)10-6-4-5-7-11(10)13/h4-9,15H,3H2,1-2H3. The van der Waals surface area contributed by atoms with Gasteiger partial charge in [0.1, 0.15) is 11.6 Å². The van der Waals surface area contributed by atoms with Crippen molar-refractivity contribution in [3.05, 3.63) is 41.8 Å². The van der Waals surface area contributed by atoms with Crippen LogP contribution in [0, 0.1) is 5.82 Å². The maximum Gasteiger partial charge on any atom is 0.145 e. The second kappa shape index (κ2) is 4.95. The molecule has 1 atom stereocenters. The monoisotopic (exact) mass is 234 g/mol. The number of nitrogens with zero attached hydrogens (tertiary/aromatic N) is 3. The molecule has 1 aromatic heterocycles. The number of aromatic nitrogens is 3. The van der Waals surface area contributed by atoms with Crippen molar-refractivity contribution < 1.29 is 4.39 Å². The molecule has 0 bridgehead atoms. The summed E-state index contributed by atoms with van der Waals surface area (Å²) in [5.41, 5.74) is 0.636. The van der Waals surface area contributed by atoms with E-state index in [1.54, 1.807) is 23.0 Å². The highest BCUT2D eigenvalue weighted by Gasteiger charge is 2.12. The Balaban J connectivity index is 2.17. The number of anilines is 1. The Hall–Kier alpha value is -1.91. The molecule has 2 rings (SSSR count). The molecular weight excluding hydrogens is 219 g/mol. The van der Waals surface area contributed by atoms with E-state index >= 15 is 0 Å². The van der Waals surface area contributed by atoms with E-state index in [-0.39, 0.29) is 11.9 Å². The highest BCUT2D eigenvalue weighted by molar-refractivity contribution is 5.36. The van der Waals surface area contributed by atoms with Gasteiger partial charge in [0.05, 0.1) is 12.2 Å². The van der Waals surface area contributed by atoms with Crippen LogP contribution in [0.3, 0.4) is 0 Å². The Kier molecular flexibility index (Phi) is 3.37. The van der Waals surface area contributed by atoms with Crippen LogP contribution in [-0.4, -0.2) is 15.0 Å². The molecule has 4 nitrogen and oxygen atoms in total.